The average Bonchev–Trinajstić information content (AvgIpc) is 2.24. The zero-order chi connectivity index (χ0) is 13.9. The van der Waals surface area contributed by atoms with E-state index >= 15 is 0 Å². The van der Waals surface area contributed by atoms with Gasteiger partial charge >= 0.3 is 45.9 Å². The fraction of sp³-hybridized carbons (Fsp3) is 0.923. The molecule has 0 aromatic heterocycles. The molecule has 0 heterocycles. The number of hydrogen-bond donors (Lipinski definition) is 1. The molecule has 1 N–H and O–H groups in total. The minimum absolute atomic E-state index is 0. The van der Waals surface area contributed by atoms with Gasteiger partial charge in [0.2, 0.25) is 0 Å². The maximum atomic E-state index is 10.9. The fourth-order valence-electron chi connectivity index (χ4n) is 1.74. The van der Waals surface area contributed by atoms with Gasteiger partial charge in [0.15, 0.2) is 0 Å². The molecule has 0 atom stereocenters. The van der Waals surface area contributed by atoms with Gasteiger partial charge in [-0.1, -0.05) is 65.7 Å². The van der Waals surface area contributed by atoms with E-state index < -0.39 is 16.4 Å². The van der Waals surface area contributed by atoms with E-state index in [4.69, 9.17) is 4.55 Å². The predicted octanol–water partition coefficient (Wildman–Crippen LogP) is 3.24. The Morgan fingerprint density at radius 2 is 1.35 bits per heavy atom. The van der Waals surface area contributed by atoms with Crippen LogP contribution in [-0.2, 0) is 19.4 Å². The summed E-state index contributed by atoms with van der Waals surface area (Å²) in [5, 5.41) is 0. The van der Waals surface area contributed by atoms with Crippen molar-refractivity contribution in [1.82, 2.24) is 0 Å². The van der Waals surface area contributed by atoms with Crippen LogP contribution in [0.2, 0.25) is 0 Å². The molecule has 0 aliphatic heterocycles. The molecule has 0 unspecified atom stereocenters. The second kappa shape index (κ2) is 15.8. The molecule has 118 valence electrons. The monoisotopic (exact) mass is 320 g/mol. The van der Waals surface area contributed by atoms with Crippen LogP contribution in [0.1, 0.15) is 78.6 Å². The van der Waals surface area contributed by atoms with Crippen molar-refractivity contribution < 1.29 is 21.9 Å². The van der Waals surface area contributed by atoms with E-state index in [1.54, 1.807) is 0 Å². The van der Waals surface area contributed by atoms with Gasteiger partial charge in [-0.15, -0.1) is 0 Å². The molecule has 0 amide bonds. The van der Waals surface area contributed by atoms with E-state index in [-0.39, 0.29) is 43.4 Å². The van der Waals surface area contributed by atoms with Crippen molar-refractivity contribution in [3.8, 4) is 0 Å². The summed E-state index contributed by atoms with van der Waals surface area (Å²) in [6.45, 7) is 2.19. The molecule has 0 spiro atoms. The van der Waals surface area contributed by atoms with E-state index in [2.05, 4.69) is 11.1 Å². The zero-order valence-electron chi connectivity index (χ0n) is 11.1. The van der Waals surface area contributed by atoms with Crippen molar-refractivity contribution in [3.63, 3.8) is 0 Å². The van der Waals surface area contributed by atoms with Crippen molar-refractivity contribution in [3.05, 3.63) is 0 Å². The van der Waals surface area contributed by atoms with Crippen molar-refractivity contribution in [2.45, 2.75) is 78.6 Å². The van der Waals surface area contributed by atoms with Crippen LogP contribution >= 0.6 is 0 Å². The standard InChI is InChI=1S/C12H24O5S.CH4.Na.H/c1-2-3-4-5-6-7-8-9-10-11-12(13)17-18(14,15)16;;;/h2-11H2,1H3,(H,14,15,16);1H4;;. The van der Waals surface area contributed by atoms with Gasteiger partial charge in [-0.05, 0) is 6.42 Å². The van der Waals surface area contributed by atoms with Gasteiger partial charge < -0.3 is 4.18 Å². The molecule has 0 aromatic rings. The molecular weight excluding hydrogens is 291 g/mol. The zero-order valence-corrected chi connectivity index (χ0v) is 11.9. The molecule has 0 bridgehead atoms. The van der Waals surface area contributed by atoms with Crippen LogP contribution in [0.5, 0.6) is 0 Å². The van der Waals surface area contributed by atoms with Gasteiger partial charge in [-0.3, -0.25) is 9.35 Å². The summed E-state index contributed by atoms with van der Waals surface area (Å²) in [6.07, 6.45) is 10.0. The van der Waals surface area contributed by atoms with Gasteiger partial charge in [-0.2, -0.15) is 8.42 Å². The Balaban J connectivity index is -0.00000144. The van der Waals surface area contributed by atoms with E-state index in [9.17, 15) is 13.2 Å². The quantitative estimate of drug-likeness (QED) is 0.359. The third-order valence-corrected chi connectivity index (χ3v) is 3.08. The third kappa shape index (κ3) is 20.7. The Morgan fingerprint density at radius 1 is 0.950 bits per heavy atom. The number of carbonyl (C=O) groups excluding carboxylic acids is 1. The molecular formula is C13H29NaO5S. The Morgan fingerprint density at radius 3 is 1.75 bits per heavy atom. The Bertz CT molecular complexity index is 317. The van der Waals surface area contributed by atoms with Crippen LogP contribution in [0.25, 0.3) is 0 Å². The maximum absolute atomic E-state index is 10.9. The SMILES string of the molecule is C.CCCCCCCCCCCC(=O)OS(=O)(=O)O.[NaH]. The van der Waals surface area contributed by atoms with E-state index in [0.717, 1.165) is 19.3 Å². The van der Waals surface area contributed by atoms with Gasteiger partial charge in [-0.25, -0.2) is 0 Å². The summed E-state index contributed by atoms with van der Waals surface area (Å²) >= 11 is 0. The van der Waals surface area contributed by atoms with E-state index in [0.29, 0.717) is 6.42 Å². The van der Waals surface area contributed by atoms with E-state index in [1.165, 1.54) is 32.1 Å². The molecule has 0 aromatic carbocycles. The summed E-state index contributed by atoms with van der Waals surface area (Å²) in [7, 11) is -4.63. The molecule has 20 heavy (non-hydrogen) atoms. The normalized spacial score (nSPS) is 10.3. The molecule has 0 saturated carbocycles. The van der Waals surface area contributed by atoms with Gasteiger partial charge in [0.25, 0.3) is 0 Å². The first kappa shape index (κ1) is 25.3. The summed E-state index contributed by atoms with van der Waals surface area (Å²) in [5.74, 6) is -0.888. The summed E-state index contributed by atoms with van der Waals surface area (Å²) in [6, 6.07) is 0. The number of rotatable bonds is 11. The van der Waals surface area contributed by atoms with Crippen LogP contribution in [0.3, 0.4) is 0 Å². The molecule has 7 heteroatoms. The molecule has 0 rings (SSSR count). The van der Waals surface area contributed by atoms with Crippen molar-refractivity contribution >= 4 is 45.9 Å². The average molecular weight is 320 g/mol. The van der Waals surface area contributed by atoms with E-state index in [1.807, 2.05) is 0 Å². The topological polar surface area (TPSA) is 80.7 Å². The summed E-state index contributed by atoms with van der Waals surface area (Å²) in [5.41, 5.74) is 0. The molecule has 0 aliphatic carbocycles. The van der Waals surface area contributed by atoms with Crippen LogP contribution in [-0.4, -0.2) is 48.5 Å². The first-order valence-corrected chi connectivity index (χ1v) is 8.02. The second-order valence-corrected chi connectivity index (χ2v) is 5.48. The van der Waals surface area contributed by atoms with Crippen LogP contribution in [0.4, 0.5) is 0 Å². The molecule has 0 aliphatic rings. The first-order valence-electron chi connectivity index (χ1n) is 6.65. The summed E-state index contributed by atoms with van der Waals surface area (Å²) < 4.78 is 32.5. The Labute approximate surface area is 146 Å². The van der Waals surface area contributed by atoms with Crippen molar-refractivity contribution in [2.24, 2.45) is 0 Å². The van der Waals surface area contributed by atoms with Gasteiger partial charge in [0, 0.05) is 6.42 Å². The minimum atomic E-state index is -4.63. The van der Waals surface area contributed by atoms with Crippen LogP contribution in [0, 0.1) is 0 Å². The molecule has 5 nitrogen and oxygen atoms in total. The predicted molar refractivity (Wildman–Crippen MR) is 83.4 cm³/mol. The third-order valence-electron chi connectivity index (χ3n) is 2.68. The number of unbranched alkanes of at least 4 members (excludes halogenated alkanes) is 8. The molecule has 0 radical (unpaired) electrons. The molecule has 0 saturated heterocycles. The Hall–Kier alpha value is 0.380. The van der Waals surface area contributed by atoms with Gasteiger partial charge in [0.1, 0.15) is 0 Å². The van der Waals surface area contributed by atoms with Crippen molar-refractivity contribution in [1.29, 1.82) is 0 Å². The summed E-state index contributed by atoms with van der Waals surface area (Å²) in [4.78, 5) is 10.9. The molecule has 0 fully saturated rings. The van der Waals surface area contributed by atoms with Crippen LogP contribution in [0.15, 0.2) is 0 Å². The van der Waals surface area contributed by atoms with Gasteiger partial charge in [0.05, 0.1) is 0 Å². The number of carbonyl (C=O) groups is 1. The second-order valence-electron chi connectivity index (χ2n) is 4.46. The number of hydrogen-bond acceptors (Lipinski definition) is 4. The Kier molecular flexibility index (Phi) is 20.0. The van der Waals surface area contributed by atoms with Crippen LogP contribution < -0.4 is 0 Å². The first-order chi connectivity index (χ1) is 8.45. The fourth-order valence-corrected chi connectivity index (χ4v) is 2.06. The van der Waals surface area contributed by atoms with Crippen molar-refractivity contribution in [2.75, 3.05) is 0 Å².